The first-order valence-electron chi connectivity index (χ1n) is 8.74. The van der Waals surface area contributed by atoms with Crippen molar-refractivity contribution in [1.82, 2.24) is 0 Å². The topological polar surface area (TPSA) is 70.6 Å². The molecular weight excluding hydrogens is 366 g/mol. The maximum absolute atomic E-state index is 11.7. The molecular formula is C21H19ClNO4-. The molecule has 0 saturated carbocycles. The van der Waals surface area contributed by atoms with Gasteiger partial charge in [-0.25, -0.2) is 0 Å². The SMILES string of the molecule is COc1ccc(OC)c([C@H]2Nc3c(Cl)ccc(C(=O)[O-])c3[C@@H]3C=CC[C@@H]23)c1. The Kier molecular flexibility index (Phi) is 4.48. The van der Waals surface area contributed by atoms with Gasteiger partial charge in [0, 0.05) is 17.0 Å². The van der Waals surface area contributed by atoms with Crippen LogP contribution in [0, 0.1) is 5.92 Å². The minimum absolute atomic E-state index is 0.0613. The lowest BCUT2D eigenvalue weighted by Crippen LogP contribution is -2.33. The molecule has 3 atom stereocenters. The third-order valence-electron chi connectivity index (χ3n) is 5.46. The van der Waals surface area contributed by atoms with E-state index in [1.54, 1.807) is 20.3 Å². The van der Waals surface area contributed by atoms with Crippen molar-refractivity contribution >= 4 is 23.3 Å². The molecule has 1 N–H and O–H groups in total. The summed E-state index contributed by atoms with van der Waals surface area (Å²) < 4.78 is 11.0. The van der Waals surface area contributed by atoms with Crippen molar-refractivity contribution < 1.29 is 19.4 Å². The number of nitrogens with one attached hydrogen (secondary N) is 1. The number of halogens is 1. The molecule has 1 aliphatic carbocycles. The van der Waals surface area contributed by atoms with E-state index >= 15 is 0 Å². The highest BCUT2D eigenvalue weighted by atomic mass is 35.5. The zero-order valence-electron chi connectivity index (χ0n) is 15.0. The summed E-state index contributed by atoms with van der Waals surface area (Å²) >= 11 is 6.44. The predicted octanol–water partition coefficient (Wildman–Crippen LogP) is 3.55. The second-order valence-corrected chi connectivity index (χ2v) is 7.16. The van der Waals surface area contributed by atoms with E-state index in [2.05, 4.69) is 17.5 Å². The third kappa shape index (κ3) is 2.82. The van der Waals surface area contributed by atoms with Crippen LogP contribution in [0.3, 0.4) is 0 Å². The maximum atomic E-state index is 11.7. The normalized spacial score (nSPS) is 22.6. The number of fused-ring (bicyclic) bond motifs is 3. The largest absolute Gasteiger partial charge is 0.545 e. The molecule has 140 valence electrons. The van der Waals surface area contributed by atoms with E-state index in [0.717, 1.165) is 23.5 Å². The molecule has 2 aliphatic rings. The average molecular weight is 385 g/mol. The molecule has 5 nitrogen and oxygen atoms in total. The van der Waals surface area contributed by atoms with Crippen LogP contribution in [0.5, 0.6) is 11.5 Å². The molecule has 0 aromatic heterocycles. The van der Waals surface area contributed by atoms with Crippen molar-refractivity contribution in [2.75, 3.05) is 19.5 Å². The average Bonchev–Trinajstić information content (AvgIpc) is 3.17. The molecule has 2 aromatic carbocycles. The molecule has 4 rings (SSSR count). The van der Waals surface area contributed by atoms with Crippen molar-refractivity contribution in [3.8, 4) is 11.5 Å². The summed E-state index contributed by atoms with van der Waals surface area (Å²) in [6, 6.07) is 8.70. The number of benzene rings is 2. The van der Waals surface area contributed by atoms with Gasteiger partial charge in [-0.1, -0.05) is 29.8 Å². The van der Waals surface area contributed by atoms with E-state index in [1.165, 1.54) is 6.07 Å². The second-order valence-electron chi connectivity index (χ2n) is 6.75. The summed E-state index contributed by atoms with van der Waals surface area (Å²) in [5.41, 5.74) is 2.47. The van der Waals surface area contributed by atoms with Crippen LogP contribution < -0.4 is 19.9 Å². The minimum Gasteiger partial charge on any atom is -0.545 e. The van der Waals surface area contributed by atoms with Crippen molar-refractivity contribution in [1.29, 1.82) is 0 Å². The molecule has 0 fully saturated rings. The lowest BCUT2D eigenvalue weighted by atomic mass is 9.75. The molecule has 6 heteroatoms. The molecule has 27 heavy (non-hydrogen) atoms. The van der Waals surface area contributed by atoms with E-state index < -0.39 is 5.97 Å². The fourth-order valence-corrected chi connectivity index (χ4v) is 4.46. The van der Waals surface area contributed by atoms with Gasteiger partial charge >= 0.3 is 0 Å². The first kappa shape index (κ1) is 17.7. The molecule has 0 radical (unpaired) electrons. The Morgan fingerprint density at radius 2 is 2.04 bits per heavy atom. The van der Waals surface area contributed by atoms with Crippen molar-refractivity contribution in [3.63, 3.8) is 0 Å². The van der Waals surface area contributed by atoms with Gasteiger partial charge in [-0.05, 0) is 42.2 Å². The lowest BCUT2D eigenvalue weighted by molar-refractivity contribution is -0.255. The molecule has 0 amide bonds. The van der Waals surface area contributed by atoms with Gasteiger partial charge in [0.15, 0.2) is 0 Å². The van der Waals surface area contributed by atoms with Gasteiger partial charge in [0.2, 0.25) is 0 Å². The van der Waals surface area contributed by atoms with E-state index in [4.69, 9.17) is 21.1 Å². The van der Waals surface area contributed by atoms with Crippen molar-refractivity contribution in [2.45, 2.75) is 18.4 Å². The maximum Gasteiger partial charge on any atom is 0.124 e. The first-order chi connectivity index (χ1) is 13.0. The molecule has 2 aromatic rings. The molecule has 0 bridgehead atoms. The fourth-order valence-electron chi connectivity index (χ4n) is 4.24. The van der Waals surface area contributed by atoms with Crippen LogP contribution in [-0.2, 0) is 0 Å². The van der Waals surface area contributed by atoms with Crippen molar-refractivity contribution in [2.24, 2.45) is 5.92 Å². The van der Waals surface area contributed by atoms with E-state index in [1.807, 2.05) is 18.2 Å². The first-order valence-corrected chi connectivity index (χ1v) is 9.11. The summed E-state index contributed by atoms with van der Waals surface area (Å²) in [6.45, 7) is 0. The van der Waals surface area contributed by atoms with Gasteiger partial charge in [-0.2, -0.15) is 0 Å². The summed E-state index contributed by atoms with van der Waals surface area (Å²) in [4.78, 5) is 11.7. The zero-order valence-corrected chi connectivity index (χ0v) is 15.7. The predicted molar refractivity (Wildman–Crippen MR) is 102 cm³/mol. The van der Waals surface area contributed by atoms with Crippen LogP contribution in [-0.4, -0.2) is 20.2 Å². The van der Waals surface area contributed by atoms with Gasteiger partial charge in [-0.3, -0.25) is 0 Å². The van der Waals surface area contributed by atoms with Gasteiger partial charge in [-0.15, -0.1) is 0 Å². The number of methoxy groups -OCH3 is 2. The van der Waals surface area contributed by atoms with Gasteiger partial charge in [0.1, 0.15) is 11.5 Å². The molecule has 0 unspecified atom stereocenters. The molecule has 0 spiro atoms. The number of aromatic carboxylic acids is 1. The van der Waals surface area contributed by atoms with E-state index in [0.29, 0.717) is 16.3 Å². The number of carboxylic acids is 1. The summed E-state index contributed by atoms with van der Waals surface area (Å²) in [6.07, 6.45) is 4.97. The lowest BCUT2D eigenvalue weighted by Gasteiger charge is -2.39. The van der Waals surface area contributed by atoms with Crippen molar-refractivity contribution in [3.05, 3.63) is 64.2 Å². The standard InChI is InChI=1S/C21H20ClNO4/c1-26-11-6-9-17(27-2)15(10-11)19-13-5-3-4-12(13)18-14(21(24)25)7-8-16(22)20(18)23-19/h3-4,6-10,12-13,19,23H,5H2,1-2H3,(H,24,25)/p-1/t12-,13-,19+/m1/s1. The number of hydrogen-bond donors (Lipinski definition) is 1. The van der Waals surface area contributed by atoms with Gasteiger partial charge in [0.25, 0.3) is 0 Å². The smallest absolute Gasteiger partial charge is 0.124 e. The quantitative estimate of drug-likeness (QED) is 0.816. The number of allylic oxidation sites excluding steroid dienone is 2. The number of carboxylic acid groups (broad SMARTS) is 1. The van der Waals surface area contributed by atoms with Gasteiger partial charge < -0.3 is 24.7 Å². The number of rotatable bonds is 4. The van der Waals surface area contributed by atoms with Crippen LogP contribution in [0.15, 0.2) is 42.5 Å². The van der Waals surface area contributed by atoms with Crippen LogP contribution in [0.4, 0.5) is 5.69 Å². The number of ether oxygens (including phenoxy) is 2. The van der Waals surface area contributed by atoms with E-state index in [9.17, 15) is 9.90 Å². The Labute approximate surface area is 162 Å². The summed E-state index contributed by atoms with van der Waals surface area (Å²) in [7, 11) is 3.26. The Balaban J connectivity index is 1.89. The third-order valence-corrected chi connectivity index (χ3v) is 5.78. The number of carbonyl (C=O) groups is 1. The van der Waals surface area contributed by atoms with Crippen LogP contribution in [0.2, 0.25) is 5.02 Å². The summed E-state index contributed by atoms with van der Waals surface area (Å²) in [5.74, 6) is 0.357. The van der Waals surface area contributed by atoms with Crippen LogP contribution in [0.1, 0.15) is 39.9 Å². The highest BCUT2D eigenvalue weighted by molar-refractivity contribution is 6.33. The highest BCUT2D eigenvalue weighted by Crippen LogP contribution is 2.54. The number of carbonyl (C=O) groups excluding carboxylic acids is 1. The number of hydrogen-bond acceptors (Lipinski definition) is 5. The van der Waals surface area contributed by atoms with Gasteiger partial charge in [0.05, 0.1) is 36.9 Å². The van der Waals surface area contributed by atoms with E-state index in [-0.39, 0.29) is 23.4 Å². The monoisotopic (exact) mass is 384 g/mol. The minimum atomic E-state index is -1.19. The molecule has 1 heterocycles. The second kappa shape index (κ2) is 6.82. The Morgan fingerprint density at radius 1 is 1.22 bits per heavy atom. The Bertz CT molecular complexity index is 940. The zero-order chi connectivity index (χ0) is 19.1. The van der Waals surface area contributed by atoms with Crippen LogP contribution in [0.25, 0.3) is 0 Å². The molecule has 1 aliphatic heterocycles. The Hall–Kier alpha value is -2.66. The fraction of sp³-hybridized carbons (Fsp3) is 0.286. The van der Waals surface area contributed by atoms with Crippen LogP contribution >= 0.6 is 11.6 Å². The molecule has 0 saturated heterocycles. The number of anilines is 1. The Morgan fingerprint density at radius 3 is 2.74 bits per heavy atom. The highest BCUT2D eigenvalue weighted by Gasteiger charge is 2.41. The summed E-state index contributed by atoms with van der Waals surface area (Å²) in [5, 5.41) is 15.6.